The van der Waals surface area contributed by atoms with Crippen LogP contribution in [0.1, 0.15) is 0 Å². The quantitative estimate of drug-likeness (QED) is 0.485. The SMILES string of the molecule is O=C(O)CNC(=O)CNC(=O)NCCSC(F)(F)F. The number of amides is 3. The molecule has 0 atom stereocenters. The molecule has 0 saturated carbocycles. The van der Waals surface area contributed by atoms with Crippen molar-refractivity contribution < 1.29 is 32.7 Å². The summed E-state index contributed by atoms with van der Waals surface area (Å²) in [6, 6.07) is -0.812. The van der Waals surface area contributed by atoms with Gasteiger partial charge in [0.25, 0.3) is 0 Å². The van der Waals surface area contributed by atoms with Crippen molar-refractivity contribution in [3.8, 4) is 0 Å². The van der Waals surface area contributed by atoms with Crippen LogP contribution >= 0.6 is 11.8 Å². The minimum atomic E-state index is -4.35. The van der Waals surface area contributed by atoms with Crippen molar-refractivity contribution in [1.29, 1.82) is 0 Å². The number of carbonyl (C=O) groups is 3. The predicted octanol–water partition coefficient (Wildman–Crippen LogP) is -0.261. The minimum Gasteiger partial charge on any atom is -0.480 e. The summed E-state index contributed by atoms with van der Waals surface area (Å²) < 4.78 is 35.2. The fourth-order valence-corrected chi connectivity index (χ4v) is 1.23. The molecule has 110 valence electrons. The fourth-order valence-electron chi connectivity index (χ4n) is 0.791. The zero-order valence-corrected chi connectivity index (χ0v) is 10.4. The van der Waals surface area contributed by atoms with E-state index in [-0.39, 0.29) is 24.1 Å². The molecule has 0 saturated heterocycles. The summed E-state index contributed by atoms with van der Waals surface area (Å²) in [5.74, 6) is -2.30. The lowest BCUT2D eigenvalue weighted by atomic mass is 10.5. The molecule has 0 aromatic carbocycles. The maximum atomic E-state index is 11.7. The smallest absolute Gasteiger partial charge is 0.441 e. The summed E-state index contributed by atoms with van der Waals surface area (Å²) in [6.45, 7) is -1.26. The van der Waals surface area contributed by atoms with Gasteiger partial charge in [-0.15, -0.1) is 0 Å². The van der Waals surface area contributed by atoms with Crippen LogP contribution in [0.25, 0.3) is 0 Å². The molecular weight excluding hydrogens is 291 g/mol. The van der Waals surface area contributed by atoms with Crippen molar-refractivity contribution in [2.24, 2.45) is 0 Å². The molecule has 0 aliphatic heterocycles. The van der Waals surface area contributed by atoms with Gasteiger partial charge in [-0.05, 0) is 11.8 Å². The molecule has 0 rings (SSSR count). The molecular formula is C8H12F3N3O4S. The molecule has 0 aliphatic carbocycles. The van der Waals surface area contributed by atoms with Crippen molar-refractivity contribution in [1.82, 2.24) is 16.0 Å². The number of aliphatic carboxylic acids is 1. The first-order valence-electron chi connectivity index (χ1n) is 4.91. The lowest BCUT2D eigenvalue weighted by Gasteiger charge is -2.08. The molecule has 11 heteroatoms. The highest BCUT2D eigenvalue weighted by Gasteiger charge is 2.27. The Morgan fingerprint density at radius 1 is 1.05 bits per heavy atom. The first-order chi connectivity index (χ1) is 8.70. The van der Waals surface area contributed by atoms with Gasteiger partial charge >= 0.3 is 17.5 Å². The largest absolute Gasteiger partial charge is 0.480 e. The first-order valence-corrected chi connectivity index (χ1v) is 5.90. The van der Waals surface area contributed by atoms with E-state index in [1.165, 1.54) is 0 Å². The van der Waals surface area contributed by atoms with Crippen LogP contribution in [0.15, 0.2) is 0 Å². The Morgan fingerprint density at radius 2 is 1.68 bits per heavy atom. The molecule has 0 fully saturated rings. The number of hydrogen-bond donors (Lipinski definition) is 4. The molecule has 0 heterocycles. The summed E-state index contributed by atoms with van der Waals surface area (Å²) in [5, 5.41) is 14.4. The van der Waals surface area contributed by atoms with E-state index in [0.717, 1.165) is 0 Å². The van der Waals surface area contributed by atoms with Gasteiger partial charge in [0, 0.05) is 12.3 Å². The first kappa shape index (κ1) is 17.4. The van der Waals surface area contributed by atoms with Crippen LogP contribution in [0.5, 0.6) is 0 Å². The minimum absolute atomic E-state index is 0.216. The monoisotopic (exact) mass is 303 g/mol. The van der Waals surface area contributed by atoms with Crippen LogP contribution in [0.3, 0.4) is 0 Å². The van der Waals surface area contributed by atoms with E-state index in [4.69, 9.17) is 5.11 Å². The van der Waals surface area contributed by atoms with E-state index < -0.39 is 36.5 Å². The highest BCUT2D eigenvalue weighted by molar-refractivity contribution is 8.00. The van der Waals surface area contributed by atoms with Crippen LogP contribution in [0.2, 0.25) is 0 Å². The van der Waals surface area contributed by atoms with Crippen LogP contribution in [-0.2, 0) is 9.59 Å². The summed E-state index contributed by atoms with van der Waals surface area (Å²) >= 11 is -0.276. The van der Waals surface area contributed by atoms with Gasteiger partial charge in [-0.1, -0.05) is 0 Å². The molecule has 7 nitrogen and oxygen atoms in total. The van der Waals surface area contributed by atoms with Crippen molar-refractivity contribution in [3.05, 3.63) is 0 Å². The van der Waals surface area contributed by atoms with Crippen LogP contribution in [0, 0.1) is 0 Å². The van der Waals surface area contributed by atoms with E-state index >= 15 is 0 Å². The van der Waals surface area contributed by atoms with E-state index in [2.05, 4.69) is 10.6 Å². The molecule has 0 aliphatic rings. The number of thioether (sulfide) groups is 1. The average Bonchev–Trinajstić information content (AvgIpc) is 2.28. The zero-order valence-electron chi connectivity index (χ0n) is 9.54. The second-order valence-corrected chi connectivity index (χ2v) is 4.23. The Hall–Kier alpha value is -1.65. The lowest BCUT2D eigenvalue weighted by molar-refractivity contribution is -0.137. The van der Waals surface area contributed by atoms with Gasteiger partial charge in [-0.25, -0.2) is 4.79 Å². The lowest BCUT2D eigenvalue weighted by Crippen LogP contribution is -2.43. The third kappa shape index (κ3) is 12.6. The number of rotatable bonds is 7. The molecule has 0 aromatic heterocycles. The standard InChI is InChI=1S/C8H12F3N3O4S/c9-8(10,11)19-2-1-12-7(18)14-3-5(15)13-4-6(16)17/h1-4H2,(H,13,15)(H,16,17)(H2,12,14,18). The highest BCUT2D eigenvalue weighted by Crippen LogP contribution is 2.29. The number of halogens is 3. The van der Waals surface area contributed by atoms with E-state index in [1.807, 2.05) is 5.32 Å². The Kier molecular flexibility index (Phi) is 7.72. The van der Waals surface area contributed by atoms with Crippen LogP contribution in [-0.4, -0.2) is 53.9 Å². The Balaban J connectivity index is 3.59. The Morgan fingerprint density at radius 3 is 2.21 bits per heavy atom. The number of carboxylic acid groups (broad SMARTS) is 1. The normalized spacial score (nSPS) is 10.7. The maximum Gasteiger partial charge on any atom is 0.441 e. The van der Waals surface area contributed by atoms with Gasteiger partial charge < -0.3 is 21.1 Å². The van der Waals surface area contributed by atoms with Crippen LogP contribution in [0.4, 0.5) is 18.0 Å². The predicted molar refractivity (Wildman–Crippen MR) is 60.6 cm³/mol. The number of nitrogens with one attached hydrogen (secondary N) is 3. The molecule has 0 bridgehead atoms. The second kappa shape index (κ2) is 8.45. The van der Waals surface area contributed by atoms with Gasteiger partial charge in [0.15, 0.2) is 0 Å². The third-order valence-electron chi connectivity index (χ3n) is 1.50. The van der Waals surface area contributed by atoms with Gasteiger partial charge in [-0.2, -0.15) is 13.2 Å². The fraction of sp³-hybridized carbons (Fsp3) is 0.625. The number of alkyl halides is 3. The van der Waals surface area contributed by atoms with E-state index in [9.17, 15) is 27.6 Å². The van der Waals surface area contributed by atoms with Crippen molar-refractivity contribution in [2.45, 2.75) is 5.51 Å². The van der Waals surface area contributed by atoms with Gasteiger partial charge in [0.05, 0.1) is 6.54 Å². The van der Waals surface area contributed by atoms with Crippen molar-refractivity contribution >= 4 is 29.7 Å². The summed E-state index contributed by atoms with van der Waals surface area (Å²) in [6.07, 6.45) is 0. The number of urea groups is 1. The van der Waals surface area contributed by atoms with Crippen molar-refractivity contribution in [2.75, 3.05) is 25.4 Å². The zero-order chi connectivity index (χ0) is 14.9. The number of carbonyl (C=O) groups excluding carboxylic acids is 2. The average molecular weight is 303 g/mol. The molecule has 0 unspecified atom stereocenters. The summed E-state index contributed by atoms with van der Waals surface area (Å²) in [7, 11) is 0. The number of hydrogen-bond acceptors (Lipinski definition) is 4. The molecule has 19 heavy (non-hydrogen) atoms. The molecule has 3 amide bonds. The maximum absolute atomic E-state index is 11.7. The summed E-state index contributed by atoms with van der Waals surface area (Å²) in [4.78, 5) is 32.0. The molecule has 0 radical (unpaired) electrons. The Labute approximate surface area is 110 Å². The molecule has 0 spiro atoms. The van der Waals surface area contributed by atoms with E-state index in [1.54, 1.807) is 0 Å². The van der Waals surface area contributed by atoms with E-state index in [0.29, 0.717) is 0 Å². The second-order valence-electron chi connectivity index (χ2n) is 3.07. The van der Waals surface area contributed by atoms with Crippen molar-refractivity contribution in [3.63, 3.8) is 0 Å². The summed E-state index contributed by atoms with van der Waals surface area (Å²) in [5.41, 5.74) is -4.35. The molecule has 0 aromatic rings. The van der Waals surface area contributed by atoms with Gasteiger partial charge in [0.1, 0.15) is 6.54 Å². The van der Waals surface area contributed by atoms with Crippen LogP contribution < -0.4 is 16.0 Å². The third-order valence-corrected chi connectivity index (χ3v) is 2.24. The molecule has 4 N–H and O–H groups in total. The Bertz CT molecular complexity index is 338. The number of carboxylic acids is 1. The van der Waals surface area contributed by atoms with Gasteiger partial charge in [0.2, 0.25) is 5.91 Å². The van der Waals surface area contributed by atoms with Gasteiger partial charge in [-0.3, -0.25) is 9.59 Å². The topological polar surface area (TPSA) is 108 Å². The highest BCUT2D eigenvalue weighted by atomic mass is 32.2.